The Balaban J connectivity index is 2.65. The number of hydrogen-bond acceptors (Lipinski definition) is 7. The molecule has 0 aliphatic carbocycles. The quantitative estimate of drug-likeness (QED) is 0.645. The van der Waals surface area contributed by atoms with Gasteiger partial charge in [0.05, 0.1) is 18.8 Å². The molecule has 3 atom stereocenters. The van der Waals surface area contributed by atoms with E-state index in [0.717, 1.165) is 0 Å². The molecule has 0 saturated heterocycles. The Morgan fingerprint density at radius 1 is 1.43 bits per heavy atom. The van der Waals surface area contributed by atoms with Crippen molar-refractivity contribution >= 4 is 13.6 Å². The lowest BCUT2D eigenvalue weighted by Gasteiger charge is -2.23. The van der Waals surface area contributed by atoms with E-state index in [2.05, 4.69) is 4.98 Å². The van der Waals surface area contributed by atoms with E-state index in [0.29, 0.717) is 6.42 Å². The van der Waals surface area contributed by atoms with Crippen LogP contribution in [0.5, 0.6) is 0 Å². The maximum atomic E-state index is 11.7. The van der Waals surface area contributed by atoms with Gasteiger partial charge in [-0.1, -0.05) is 6.92 Å². The highest BCUT2D eigenvalue weighted by molar-refractivity contribution is 7.47. The summed E-state index contributed by atoms with van der Waals surface area (Å²) in [7, 11) is -4.12. The molecule has 1 rings (SSSR count). The molecule has 0 aromatic carbocycles. The number of phosphoric ester groups is 1. The van der Waals surface area contributed by atoms with Crippen LogP contribution in [-0.2, 0) is 18.3 Å². The fraction of sp³-hybridized carbons (Fsp3) is 0.692. The molecule has 10 heteroatoms. The lowest BCUT2D eigenvalue weighted by atomic mass is 10.3. The van der Waals surface area contributed by atoms with Crippen molar-refractivity contribution in [2.45, 2.75) is 52.6 Å². The van der Waals surface area contributed by atoms with Gasteiger partial charge < -0.3 is 15.4 Å². The molecular formula is C13H24N3O6P. The van der Waals surface area contributed by atoms with Gasteiger partial charge in [-0.3, -0.25) is 13.6 Å². The standard InChI is InChI=1S/C13H24N3O6P/c1-5-11(8-20-23(18,19)22-9(2)3)21-10(4)16-7-6-12(14)15-13(16)17/h6-7,9-11H,5,8H2,1-4H3,(H,18,19)(H2,14,15,17)/t10-,11+/m1/s1. The Kier molecular flexibility index (Phi) is 7.37. The minimum Gasteiger partial charge on any atom is -0.383 e. The highest BCUT2D eigenvalue weighted by Crippen LogP contribution is 2.44. The van der Waals surface area contributed by atoms with Crippen molar-refractivity contribution in [3.63, 3.8) is 0 Å². The van der Waals surface area contributed by atoms with Crippen LogP contribution in [0.25, 0.3) is 0 Å². The molecule has 9 nitrogen and oxygen atoms in total. The molecule has 1 aromatic rings. The van der Waals surface area contributed by atoms with E-state index in [1.807, 2.05) is 6.92 Å². The zero-order valence-electron chi connectivity index (χ0n) is 13.7. The molecular weight excluding hydrogens is 325 g/mol. The summed E-state index contributed by atoms with van der Waals surface area (Å²) < 4.78 is 28.3. The van der Waals surface area contributed by atoms with E-state index in [1.54, 1.807) is 20.8 Å². The van der Waals surface area contributed by atoms with Gasteiger partial charge in [-0.15, -0.1) is 0 Å². The van der Waals surface area contributed by atoms with Gasteiger partial charge in [-0.2, -0.15) is 4.98 Å². The molecule has 1 heterocycles. The summed E-state index contributed by atoms with van der Waals surface area (Å²) >= 11 is 0. The van der Waals surface area contributed by atoms with Crippen LogP contribution in [0.15, 0.2) is 17.1 Å². The molecule has 1 unspecified atom stereocenters. The summed E-state index contributed by atoms with van der Waals surface area (Å²) in [5.41, 5.74) is 4.89. The summed E-state index contributed by atoms with van der Waals surface area (Å²) in [5, 5.41) is 0. The van der Waals surface area contributed by atoms with Crippen molar-refractivity contribution in [2.24, 2.45) is 0 Å². The first-order valence-corrected chi connectivity index (χ1v) is 8.80. The van der Waals surface area contributed by atoms with Gasteiger partial charge in [0.15, 0.2) is 0 Å². The van der Waals surface area contributed by atoms with Crippen LogP contribution in [0.2, 0.25) is 0 Å². The van der Waals surface area contributed by atoms with Crippen LogP contribution in [0.1, 0.15) is 40.3 Å². The van der Waals surface area contributed by atoms with E-state index in [1.165, 1.54) is 16.8 Å². The molecule has 0 aliphatic heterocycles. The molecule has 0 saturated carbocycles. The van der Waals surface area contributed by atoms with Crippen molar-refractivity contribution in [1.29, 1.82) is 0 Å². The van der Waals surface area contributed by atoms with Crippen molar-refractivity contribution in [3.05, 3.63) is 22.7 Å². The second-order valence-corrected chi connectivity index (χ2v) is 6.63. The molecule has 0 fully saturated rings. The van der Waals surface area contributed by atoms with Crippen LogP contribution in [0.4, 0.5) is 5.82 Å². The summed E-state index contributed by atoms with van der Waals surface area (Å²) in [5.74, 6) is 0.126. The number of nitrogens with zero attached hydrogens (tertiary/aromatic N) is 2. The second kappa shape index (κ2) is 8.56. The average Bonchev–Trinajstić information content (AvgIpc) is 2.41. The summed E-state index contributed by atoms with van der Waals surface area (Å²) in [4.78, 5) is 24.9. The molecule has 0 amide bonds. The van der Waals surface area contributed by atoms with Gasteiger partial charge in [0.2, 0.25) is 0 Å². The first kappa shape index (κ1) is 19.8. The number of anilines is 1. The van der Waals surface area contributed by atoms with E-state index in [4.69, 9.17) is 19.5 Å². The maximum absolute atomic E-state index is 11.7. The summed E-state index contributed by atoms with van der Waals surface area (Å²) in [6, 6.07) is 1.48. The minimum absolute atomic E-state index is 0.126. The number of nitrogens with two attached hydrogens (primary N) is 1. The van der Waals surface area contributed by atoms with E-state index in [-0.39, 0.29) is 12.4 Å². The zero-order valence-corrected chi connectivity index (χ0v) is 14.6. The summed E-state index contributed by atoms with van der Waals surface area (Å²) in [6.45, 7) is 6.60. The molecule has 0 bridgehead atoms. The van der Waals surface area contributed by atoms with Crippen molar-refractivity contribution in [1.82, 2.24) is 9.55 Å². The highest BCUT2D eigenvalue weighted by Gasteiger charge is 2.25. The van der Waals surface area contributed by atoms with Crippen LogP contribution in [-0.4, -0.2) is 33.3 Å². The minimum atomic E-state index is -4.12. The molecule has 0 spiro atoms. The third-order valence-electron chi connectivity index (χ3n) is 2.86. The molecule has 132 valence electrons. The SMILES string of the molecule is CC[C@@H](COP(=O)(O)OC(C)C)O[C@H](C)n1ccc(N)nc1=O. The third-order valence-corrected chi connectivity index (χ3v) is 4.02. The van der Waals surface area contributed by atoms with Gasteiger partial charge >= 0.3 is 13.5 Å². The van der Waals surface area contributed by atoms with Crippen molar-refractivity contribution < 1.29 is 23.2 Å². The first-order chi connectivity index (χ1) is 10.6. The Labute approximate surface area is 135 Å². The fourth-order valence-electron chi connectivity index (χ4n) is 1.77. The normalized spacial score (nSPS) is 17.0. The fourth-order valence-corrected chi connectivity index (χ4v) is 2.72. The van der Waals surface area contributed by atoms with Crippen molar-refractivity contribution in [2.75, 3.05) is 12.3 Å². The zero-order chi connectivity index (χ0) is 17.6. The number of rotatable bonds is 9. The van der Waals surface area contributed by atoms with Gasteiger partial charge in [0.25, 0.3) is 0 Å². The van der Waals surface area contributed by atoms with E-state index in [9.17, 15) is 14.3 Å². The third kappa shape index (κ3) is 6.80. The first-order valence-electron chi connectivity index (χ1n) is 7.30. The predicted molar refractivity (Wildman–Crippen MR) is 84.8 cm³/mol. The van der Waals surface area contributed by atoms with E-state index < -0.39 is 31.9 Å². The van der Waals surface area contributed by atoms with Crippen LogP contribution in [0.3, 0.4) is 0 Å². The lowest BCUT2D eigenvalue weighted by molar-refractivity contribution is -0.0688. The Bertz CT molecular complexity index is 606. The maximum Gasteiger partial charge on any atom is 0.472 e. The second-order valence-electron chi connectivity index (χ2n) is 5.23. The summed E-state index contributed by atoms with van der Waals surface area (Å²) in [6.07, 6.45) is 0.425. The highest BCUT2D eigenvalue weighted by atomic mass is 31.2. The number of aromatic nitrogens is 2. The number of phosphoric acid groups is 1. The Morgan fingerprint density at radius 3 is 2.61 bits per heavy atom. The largest absolute Gasteiger partial charge is 0.472 e. The molecule has 0 aliphatic rings. The van der Waals surface area contributed by atoms with Crippen molar-refractivity contribution in [3.8, 4) is 0 Å². The van der Waals surface area contributed by atoms with E-state index >= 15 is 0 Å². The molecule has 23 heavy (non-hydrogen) atoms. The Morgan fingerprint density at radius 2 is 2.09 bits per heavy atom. The van der Waals surface area contributed by atoms with Gasteiger partial charge in [-0.25, -0.2) is 9.36 Å². The molecule has 3 N–H and O–H groups in total. The number of ether oxygens (including phenoxy) is 1. The monoisotopic (exact) mass is 349 g/mol. The number of hydrogen-bond donors (Lipinski definition) is 2. The average molecular weight is 349 g/mol. The van der Waals surface area contributed by atoms with Gasteiger partial charge in [0, 0.05) is 6.20 Å². The topological polar surface area (TPSA) is 126 Å². The lowest BCUT2D eigenvalue weighted by Crippen LogP contribution is -2.31. The number of nitrogen functional groups attached to an aromatic ring is 1. The predicted octanol–water partition coefficient (Wildman–Crippen LogP) is 1.68. The van der Waals surface area contributed by atoms with Gasteiger partial charge in [0.1, 0.15) is 12.0 Å². The van der Waals surface area contributed by atoms with Crippen LogP contribution < -0.4 is 11.4 Å². The van der Waals surface area contributed by atoms with Crippen LogP contribution >= 0.6 is 7.82 Å². The molecule has 1 aromatic heterocycles. The smallest absolute Gasteiger partial charge is 0.383 e. The Hall–Kier alpha value is -1.25. The van der Waals surface area contributed by atoms with Gasteiger partial charge in [-0.05, 0) is 33.3 Å². The molecule has 0 radical (unpaired) electrons. The van der Waals surface area contributed by atoms with Crippen LogP contribution in [0, 0.1) is 0 Å².